The van der Waals surface area contributed by atoms with Crippen molar-refractivity contribution in [1.82, 2.24) is 0 Å². The van der Waals surface area contributed by atoms with Crippen LogP contribution in [0.4, 0.5) is 0 Å². The number of hydrogen-bond acceptors (Lipinski definition) is 0. The summed E-state index contributed by atoms with van der Waals surface area (Å²) in [6.07, 6.45) is 11.1. The van der Waals surface area contributed by atoms with Gasteiger partial charge in [0, 0.05) is 0 Å². The number of hydrogen-bond donors (Lipinski definition) is 0. The van der Waals surface area contributed by atoms with Crippen molar-refractivity contribution < 1.29 is 0 Å². The minimum Gasteiger partial charge on any atom is -0.0762 e. The molecule has 84 valence electrons. The van der Waals surface area contributed by atoms with Gasteiger partial charge in [-0.25, -0.2) is 0 Å². The van der Waals surface area contributed by atoms with Crippen LogP contribution in [0, 0.1) is 11.8 Å². The van der Waals surface area contributed by atoms with E-state index in [1.165, 1.54) is 44.1 Å². The summed E-state index contributed by atoms with van der Waals surface area (Å²) >= 11 is 0. The fourth-order valence-electron chi connectivity index (χ4n) is 3.37. The van der Waals surface area contributed by atoms with Crippen LogP contribution in [0.3, 0.4) is 0 Å². The predicted octanol–water partition coefficient (Wildman–Crippen LogP) is 4.87. The lowest BCUT2D eigenvalue weighted by Crippen LogP contribution is -2.25. The zero-order valence-corrected chi connectivity index (χ0v) is 10.5. The Morgan fingerprint density at radius 1 is 1.13 bits per heavy atom. The molecule has 1 fully saturated rings. The van der Waals surface area contributed by atoms with Gasteiger partial charge in [-0.3, -0.25) is 0 Å². The predicted molar refractivity (Wildman–Crippen MR) is 66.8 cm³/mol. The number of rotatable bonds is 1. The highest BCUT2D eigenvalue weighted by Gasteiger charge is 2.30. The van der Waals surface area contributed by atoms with E-state index in [4.69, 9.17) is 0 Å². The molecular weight excluding hydrogens is 180 g/mol. The molecule has 0 heteroatoms. The Balaban J connectivity index is 2.26. The van der Waals surface area contributed by atoms with Crippen LogP contribution in [0.5, 0.6) is 0 Å². The number of fused-ring (bicyclic) bond motifs is 1. The van der Waals surface area contributed by atoms with Crippen LogP contribution in [0.15, 0.2) is 22.8 Å². The van der Waals surface area contributed by atoms with Crippen molar-refractivity contribution in [2.75, 3.05) is 0 Å². The van der Waals surface area contributed by atoms with Gasteiger partial charge in [0.2, 0.25) is 0 Å². The summed E-state index contributed by atoms with van der Waals surface area (Å²) < 4.78 is 0. The molecule has 0 saturated heterocycles. The molecule has 0 bridgehead atoms. The minimum atomic E-state index is 0.905. The minimum absolute atomic E-state index is 0.905. The maximum absolute atomic E-state index is 2.46. The second-order valence-corrected chi connectivity index (χ2v) is 5.65. The average molecular weight is 204 g/mol. The molecule has 15 heavy (non-hydrogen) atoms. The molecule has 0 aromatic heterocycles. The van der Waals surface area contributed by atoms with Crippen LogP contribution < -0.4 is 0 Å². The van der Waals surface area contributed by atoms with Crippen LogP contribution in [-0.2, 0) is 0 Å². The summed E-state index contributed by atoms with van der Waals surface area (Å²) in [5.74, 6) is 1.91. The van der Waals surface area contributed by atoms with Crippen molar-refractivity contribution in [3.8, 4) is 0 Å². The normalized spacial score (nSPS) is 31.1. The first-order valence-electron chi connectivity index (χ1n) is 6.53. The Bertz CT molecular complexity index is 289. The third-order valence-corrected chi connectivity index (χ3v) is 4.14. The first-order valence-corrected chi connectivity index (χ1v) is 6.53. The van der Waals surface area contributed by atoms with Gasteiger partial charge in [-0.1, -0.05) is 30.1 Å². The zero-order valence-electron chi connectivity index (χ0n) is 10.5. The van der Waals surface area contributed by atoms with Crippen LogP contribution in [0.1, 0.15) is 59.3 Å². The van der Waals surface area contributed by atoms with E-state index in [-0.39, 0.29) is 0 Å². The lowest BCUT2D eigenvalue weighted by molar-refractivity contribution is 0.245. The summed E-state index contributed by atoms with van der Waals surface area (Å²) in [4.78, 5) is 0. The van der Waals surface area contributed by atoms with Gasteiger partial charge in [0.1, 0.15) is 0 Å². The SMILES string of the molecule is CC(C)=CC1=C(C)CC[C@@H]2CCCC[C@H]12. The van der Waals surface area contributed by atoms with Gasteiger partial charge >= 0.3 is 0 Å². The second kappa shape index (κ2) is 4.55. The molecule has 0 amide bonds. The molecule has 2 aliphatic rings. The molecule has 0 N–H and O–H groups in total. The smallest absolute Gasteiger partial charge is 0.0134 e. The topological polar surface area (TPSA) is 0 Å². The van der Waals surface area contributed by atoms with Crippen LogP contribution >= 0.6 is 0 Å². The van der Waals surface area contributed by atoms with E-state index < -0.39 is 0 Å². The van der Waals surface area contributed by atoms with Crippen molar-refractivity contribution in [1.29, 1.82) is 0 Å². The standard InChI is InChI=1S/C15H24/c1-11(2)10-15-12(3)8-9-13-6-4-5-7-14(13)15/h10,13-14H,4-9H2,1-3H3/t13-,14-/m0/s1. The van der Waals surface area contributed by atoms with Gasteiger partial charge in [-0.2, -0.15) is 0 Å². The largest absolute Gasteiger partial charge is 0.0762 e. The van der Waals surface area contributed by atoms with E-state index >= 15 is 0 Å². The van der Waals surface area contributed by atoms with E-state index in [0.717, 1.165) is 11.8 Å². The van der Waals surface area contributed by atoms with Crippen molar-refractivity contribution in [3.05, 3.63) is 22.8 Å². The third-order valence-electron chi connectivity index (χ3n) is 4.14. The first-order chi connectivity index (χ1) is 7.18. The number of allylic oxidation sites excluding steroid dienone is 4. The first kappa shape index (κ1) is 11.0. The van der Waals surface area contributed by atoms with E-state index in [0.29, 0.717) is 0 Å². The maximum Gasteiger partial charge on any atom is -0.0134 e. The quantitative estimate of drug-likeness (QED) is 0.571. The molecular formula is C15H24. The van der Waals surface area contributed by atoms with E-state index in [9.17, 15) is 0 Å². The average Bonchev–Trinajstić information content (AvgIpc) is 2.22. The van der Waals surface area contributed by atoms with Crippen molar-refractivity contribution in [2.24, 2.45) is 11.8 Å². The molecule has 0 unspecified atom stereocenters. The molecule has 2 rings (SSSR count). The lowest BCUT2D eigenvalue weighted by Gasteiger charge is -2.37. The molecule has 0 aromatic rings. The van der Waals surface area contributed by atoms with Gasteiger partial charge in [0.25, 0.3) is 0 Å². The van der Waals surface area contributed by atoms with Gasteiger partial charge in [-0.15, -0.1) is 0 Å². The summed E-state index contributed by atoms with van der Waals surface area (Å²) in [5.41, 5.74) is 4.83. The fraction of sp³-hybridized carbons (Fsp3) is 0.733. The summed E-state index contributed by atoms with van der Waals surface area (Å²) in [6.45, 7) is 6.80. The van der Waals surface area contributed by atoms with Crippen molar-refractivity contribution in [2.45, 2.75) is 59.3 Å². The van der Waals surface area contributed by atoms with E-state index in [1.807, 2.05) is 0 Å². The summed E-state index contributed by atoms with van der Waals surface area (Å²) in [5, 5.41) is 0. The molecule has 0 spiro atoms. The van der Waals surface area contributed by atoms with Crippen LogP contribution in [0.25, 0.3) is 0 Å². The van der Waals surface area contributed by atoms with Crippen LogP contribution in [0.2, 0.25) is 0 Å². The fourth-order valence-corrected chi connectivity index (χ4v) is 3.37. The Kier molecular flexibility index (Phi) is 3.33. The molecule has 1 saturated carbocycles. The van der Waals surface area contributed by atoms with E-state index in [1.54, 1.807) is 11.1 Å². The maximum atomic E-state index is 2.46. The molecule has 0 aliphatic heterocycles. The highest BCUT2D eigenvalue weighted by molar-refractivity contribution is 5.32. The monoisotopic (exact) mass is 204 g/mol. The molecule has 0 radical (unpaired) electrons. The van der Waals surface area contributed by atoms with Gasteiger partial charge in [-0.05, 0) is 63.9 Å². The molecule has 0 heterocycles. The zero-order chi connectivity index (χ0) is 10.8. The summed E-state index contributed by atoms with van der Waals surface area (Å²) in [6, 6.07) is 0. The Labute approximate surface area is 94.5 Å². The third kappa shape index (κ3) is 2.35. The van der Waals surface area contributed by atoms with Crippen LogP contribution in [-0.4, -0.2) is 0 Å². The van der Waals surface area contributed by atoms with Gasteiger partial charge in [0.15, 0.2) is 0 Å². The molecule has 0 nitrogen and oxygen atoms in total. The van der Waals surface area contributed by atoms with E-state index in [2.05, 4.69) is 26.8 Å². The second-order valence-electron chi connectivity index (χ2n) is 5.65. The highest BCUT2D eigenvalue weighted by Crippen LogP contribution is 2.44. The van der Waals surface area contributed by atoms with Gasteiger partial charge in [0.05, 0.1) is 0 Å². The highest BCUT2D eigenvalue weighted by atomic mass is 14.4. The molecule has 0 aromatic carbocycles. The Morgan fingerprint density at radius 3 is 2.60 bits per heavy atom. The van der Waals surface area contributed by atoms with Crippen molar-refractivity contribution in [3.63, 3.8) is 0 Å². The Hall–Kier alpha value is -0.520. The molecule has 2 atom stereocenters. The molecule has 2 aliphatic carbocycles. The lowest BCUT2D eigenvalue weighted by atomic mass is 9.68. The van der Waals surface area contributed by atoms with Crippen molar-refractivity contribution >= 4 is 0 Å². The van der Waals surface area contributed by atoms with Gasteiger partial charge < -0.3 is 0 Å². The Morgan fingerprint density at radius 2 is 1.87 bits per heavy atom. The summed E-state index contributed by atoms with van der Waals surface area (Å²) in [7, 11) is 0.